The zero-order chi connectivity index (χ0) is 34.1. The monoisotopic (exact) mass is 670 g/mol. The second-order valence-corrected chi connectivity index (χ2v) is 24.2. The Morgan fingerprint density at radius 3 is 2.07 bits per heavy atom. The van der Waals surface area contributed by atoms with E-state index in [1.54, 1.807) is 25.5 Å². The minimum absolute atomic E-state index is 0.0821. The summed E-state index contributed by atoms with van der Waals surface area (Å²) < 4.78 is 22.8. The molecular weight excluding hydrogens is 621 g/mol. The second kappa shape index (κ2) is 13.4. The van der Waals surface area contributed by atoms with Crippen molar-refractivity contribution >= 4 is 51.4 Å². The van der Waals surface area contributed by atoms with Crippen LogP contribution in [0.15, 0.2) is 43.0 Å². The molecule has 2 aromatic heterocycles. The normalized spacial score (nSPS) is 20.8. The Labute approximate surface area is 273 Å². The minimum Gasteiger partial charge on any atom is -0.408 e. The second-order valence-electron chi connectivity index (χ2n) is 14.7. The summed E-state index contributed by atoms with van der Waals surface area (Å²) in [5.74, 6) is 0.254. The van der Waals surface area contributed by atoms with Gasteiger partial charge < -0.3 is 29.5 Å². The van der Waals surface area contributed by atoms with Crippen molar-refractivity contribution in [3.63, 3.8) is 0 Å². The Kier molecular flexibility index (Phi) is 10.3. The number of anilines is 2. The Hall–Kier alpha value is -3.38. The van der Waals surface area contributed by atoms with Crippen molar-refractivity contribution in [2.24, 2.45) is 0 Å². The summed E-state index contributed by atoms with van der Waals surface area (Å²) in [7, 11) is -3.15. The number of para-hydroxylation sites is 1. The van der Waals surface area contributed by atoms with Crippen LogP contribution >= 0.6 is 0 Å². The molecule has 0 saturated carbocycles. The van der Waals surface area contributed by atoms with Gasteiger partial charge in [0.05, 0.1) is 6.33 Å². The van der Waals surface area contributed by atoms with Crippen LogP contribution in [0, 0.1) is 0 Å². The van der Waals surface area contributed by atoms with Crippen molar-refractivity contribution in [3.8, 4) is 0 Å². The first kappa shape index (κ1) is 35.5. The number of hydrogen-bond donors (Lipinski definition) is 4. The van der Waals surface area contributed by atoms with Gasteiger partial charge in [-0.15, -0.1) is 0 Å². The molecule has 13 nitrogen and oxygen atoms in total. The number of nitrogens with zero attached hydrogens (tertiary/aromatic N) is 4. The lowest BCUT2D eigenvalue weighted by atomic mass is 10.1. The SMILES string of the molecule is CNC(=O)NCC1OC(n2cnc3c(NC(=O)Nc4ccccc4)ncnc32)C(O[Si](C)(C)C(C)(C)C)C1O[Si](C)(C)C(C)(C)C. The molecule has 4 amide bonds. The molecule has 1 saturated heterocycles. The average molecular weight is 671 g/mol. The molecule has 1 aromatic carbocycles. The highest BCUT2D eigenvalue weighted by Crippen LogP contribution is 2.46. The van der Waals surface area contributed by atoms with Crippen LogP contribution in [0.4, 0.5) is 21.1 Å². The number of carbonyl (C=O) groups is 2. The number of fused-ring (bicyclic) bond motifs is 1. The number of benzene rings is 1. The van der Waals surface area contributed by atoms with Crippen LogP contribution in [0.5, 0.6) is 0 Å². The Bertz CT molecular complexity index is 1520. The first-order valence-electron chi connectivity index (χ1n) is 15.6. The van der Waals surface area contributed by atoms with E-state index in [-0.39, 0.29) is 28.5 Å². The Morgan fingerprint density at radius 1 is 0.870 bits per heavy atom. The van der Waals surface area contributed by atoms with Crippen molar-refractivity contribution in [1.29, 1.82) is 0 Å². The molecule has 1 aliphatic rings. The van der Waals surface area contributed by atoms with Gasteiger partial charge in [-0.05, 0) is 48.4 Å². The number of nitrogens with one attached hydrogen (secondary N) is 4. The van der Waals surface area contributed by atoms with Gasteiger partial charge in [0.2, 0.25) is 0 Å². The third-order valence-electron chi connectivity index (χ3n) is 9.35. The number of carbonyl (C=O) groups excluding carboxylic acids is 2. The Balaban J connectivity index is 1.75. The predicted molar refractivity (Wildman–Crippen MR) is 185 cm³/mol. The molecule has 0 bridgehead atoms. The zero-order valence-electron chi connectivity index (χ0n) is 28.9. The third-order valence-corrected chi connectivity index (χ3v) is 18.3. The number of rotatable bonds is 9. The van der Waals surface area contributed by atoms with Crippen LogP contribution in [0.2, 0.25) is 36.3 Å². The number of imidazole rings is 1. The van der Waals surface area contributed by atoms with Gasteiger partial charge in [0.15, 0.2) is 39.8 Å². The first-order chi connectivity index (χ1) is 21.3. The molecule has 4 unspecified atom stereocenters. The fraction of sp³-hybridized carbons (Fsp3) is 0.581. The van der Waals surface area contributed by atoms with Crippen LogP contribution in [0.3, 0.4) is 0 Å². The number of amides is 4. The van der Waals surface area contributed by atoms with Gasteiger partial charge in [0.25, 0.3) is 0 Å². The molecule has 0 aliphatic carbocycles. The molecule has 4 N–H and O–H groups in total. The van der Waals surface area contributed by atoms with Gasteiger partial charge in [0, 0.05) is 19.3 Å². The van der Waals surface area contributed by atoms with Gasteiger partial charge in [-0.25, -0.2) is 24.5 Å². The van der Waals surface area contributed by atoms with Crippen molar-refractivity contribution in [2.45, 2.75) is 102 Å². The lowest BCUT2D eigenvalue weighted by Gasteiger charge is -2.44. The van der Waals surface area contributed by atoms with Gasteiger partial charge in [-0.3, -0.25) is 9.88 Å². The van der Waals surface area contributed by atoms with Crippen LogP contribution < -0.4 is 21.3 Å². The summed E-state index contributed by atoms with van der Waals surface area (Å²) in [6.45, 7) is 22.2. The highest BCUT2D eigenvalue weighted by molar-refractivity contribution is 6.74. The molecule has 252 valence electrons. The Morgan fingerprint density at radius 2 is 1.48 bits per heavy atom. The van der Waals surface area contributed by atoms with Crippen LogP contribution in [0.25, 0.3) is 11.2 Å². The fourth-order valence-electron chi connectivity index (χ4n) is 4.60. The summed E-state index contributed by atoms with van der Waals surface area (Å²) in [5, 5.41) is 10.9. The molecule has 3 heterocycles. The maximum Gasteiger partial charge on any atom is 0.324 e. The summed E-state index contributed by atoms with van der Waals surface area (Å²) in [6.07, 6.45) is 0.754. The standard InChI is InChI=1S/C31H50N8O5Si2/c1-30(2,3)45(8,9)43-23-21(17-33-28(40)32-7)42-27(24(23)44-46(10,11)31(4,5)6)39-19-36-22-25(34-18-35-26(22)39)38-29(41)37-20-15-13-12-14-16-20/h12-16,18-19,21,23-24,27H,17H2,1-11H3,(H2,32,33,40)(H2,34,35,37,38,41). The highest BCUT2D eigenvalue weighted by atomic mass is 28.4. The molecule has 46 heavy (non-hydrogen) atoms. The van der Waals surface area contributed by atoms with Crippen LogP contribution in [-0.4, -0.2) is 80.1 Å². The molecule has 3 aromatic rings. The fourth-order valence-corrected chi connectivity index (χ4v) is 7.21. The van der Waals surface area contributed by atoms with Crippen LogP contribution in [0.1, 0.15) is 47.8 Å². The van der Waals surface area contributed by atoms with E-state index >= 15 is 0 Å². The van der Waals surface area contributed by atoms with Crippen molar-refractivity contribution in [3.05, 3.63) is 43.0 Å². The van der Waals surface area contributed by atoms with E-state index in [4.69, 9.17) is 13.6 Å². The molecule has 1 fully saturated rings. The van der Waals surface area contributed by atoms with E-state index in [0.29, 0.717) is 16.9 Å². The molecule has 15 heteroatoms. The number of ether oxygens (including phenoxy) is 1. The number of urea groups is 2. The molecule has 4 atom stereocenters. The van der Waals surface area contributed by atoms with E-state index in [2.05, 4.69) is 104 Å². The van der Waals surface area contributed by atoms with E-state index in [1.165, 1.54) is 6.33 Å². The first-order valence-corrected chi connectivity index (χ1v) is 21.4. The number of hydrogen-bond acceptors (Lipinski definition) is 8. The van der Waals surface area contributed by atoms with Crippen molar-refractivity contribution < 1.29 is 23.2 Å². The quantitative estimate of drug-likeness (QED) is 0.200. The maximum absolute atomic E-state index is 12.8. The van der Waals surface area contributed by atoms with Gasteiger partial charge in [-0.1, -0.05) is 59.7 Å². The topological polar surface area (TPSA) is 154 Å². The molecular formula is C31H50N8O5Si2. The summed E-state index contributed by atoms with van der Waals surface area (Å²) in [4.78, 5) is 38.6. The molecule has 1 aliphatic heterocycles. The minimum atomic E-state index is -2.38. The lowest BCUT2D eigenvalue weighted by Crippen LogP contribution is -2.54. The largest absolute Gasteiger partial charge is 0.408 e. The molecule has 0 radical (unpaired) electrons. The van der Waals surface area contributed by atoms with E-state index < -0.39 is 47.2 Å². The number of aromatic nitrogens is 4. The van der Waals surface area contributed by atoms with Gasteiger partial charge in [-0.2, -0.15) is 0 Å². The predicted octanol–water partition coefficient (Wildman–Crippen LogP) is 6.08. The summed E-state index contributed by atoms with van der Waals surface area (Å²) in [6, 6.07) is 8.36. The summed E-state index contributed by atoms with van der Waals surface area (Å²) in [5.41, 5.74) is 1.50. The van der Waals surface area contributed by atoms with Gasteiger partial charge in [0.1, 0.15) is 24.6 Å². The van der Waals surface area contributed by atoms with Crippen molar-refractivity contribution in [1.82, 2.24) is 30.2 Å². The van der Waals surface area contributed by atoms with E-state index in [0.717, 1.165) is 0 Å². The average Bonchev–Trinajstić information content (AvgIpc) is 3.52. The molecule has 0 spiro atoms. The third kappa shape index (κ3) is 7.77. The highest BCUT2D eigenvalue weighted by Gasteiger charge is 2.54. The lowest BCUT2D eigenvalue weighted by molar-refractivity contribution is -0.0301. The van der Waals surface area contributed by atoms with E-state index in [9.17, 15) is 9.59 Å². The van der Waals surface area contributed by atoms with Gasteiger partial charge >= 0.3 is 12.1 Å². The smallest absolute Gasteiger partial charge is 0.324 e. The maximum atomic E-state index is 12.8. The molecule has 4 rings (SSSR count). The van der Waals surface area contributed by atoms with Crippen molar-refractivity contribution in [2.75, 3.05) is 24.2 Å². The van der Waals surface area contributed by atoms with Crippen LogP contribution in [-0.2, 0) is 13.6 Å². The summed E-state index contributed by atoms with van der Waals surface area (Å²) >= 11 is 0. The zero-order valence-corrected chi connectivity index (χ0v) is 30.9. The van der Waals surface area contributed by atoms with E-state index in [1.807, 2.05) is 22.8 Å².